The normalized spacial score (nSPS) is 11.2. The van der Waals surface area contributed by atoms with Crippen molar-refractivity contribution >= 4 is 0 Å². The predicted octanol–water partition coefficient (Wildman–Crippen LogP) is 2.22. The van der Waals surface area contributed by atoms with Crippen molar-refractivity contribution < 1.29 is 70.2 Å². The molecule has 0 N–H and O–H groups in total. The first-order valence-electron chi connectivity index (χ1n) is 3.50. The van der Waals surface area contributed by atoms with Gasteiger partial charge in [-0.25, -0.2) is 0 Å². The maximum atomic E-state index is 5.21. The van der Waals surface area contributed by atoms with Gasteiger partial charge in [-0.1, -0.05) is 19.4 Å². The molecule has 0 aromatic heterocycles. The third-order valence-electron chi connectivity index (χ3n) is 1.04. The monoisotopic (exact) mass is 306 g/mol. The Morgan fingerprint density at radius 2 is 2.00 bits per heavy atom. The zero-order chi connectivity index (χ0) is 7.11. The molecule has 0 amide bonds. The van der Waals surface area contributed by atoms with Crippen molar-refractivity contribution in [2.24, 2.45) is 0 Å². The van der Waals surface area contributed by atoms with E-state index < -0.39 is 0 Å². The van der Waals surface area contributed by atoms with Crippen molar-refractivity contribution in [3.8, 4) is 0 Å². The van der Waals surface area contributed by atoms with Gasteiger partial charge < -0.3 is 18.1 Å². The Hall–Kier alpha value is 2.17. The third kappa shape index (κ3) is 18.9. The summed E-state index contributed by atoms with van der Waals surface area (Å²) in [4.78, 5) is 0. The molecule has 0 saturated heterocycles. The fourth-order valence-corrected chi connectivity index (χ4v) is 0.572. The van der Waals surface area contributed by atoms with Gasteiger partial charge in [0.1, 0.15) is 0 Å². The van der Waals surface area contributed by atoms with Crippen molar-refractivity contribution in [1.82, 2.24) is 0 Å². The summed E-state index contributed by atoms with van der Waals surface area (Å²) in [6, 6.07) is 0. The second-order valence-corrected chi connectivity index (χ2v) is 2.23. The molecular weight excluding hydrogens is 290 g/mol. The van der Waals surface area contributed by atoms with Crippen LogP contribution in [0.5, 0.6) is 0 Å². The van der Waals surface area contributed by atoms with E-state index >= 15 is 0 Å². The molecule has 11 heavy (non-hydrogen) atoms. The van der Waals surface area contributed by atoms with Crippen LogP contribution in [0.2, 0.25) is 0 Å². The first-order valence-corrected chi connectivity index (χ1v) is 3.50. The van der Waals surface area contributed by atoms with Crippen LogP contribution in [-0.2, 0) is 70.2 Å². The first-order chi connectivity index (χ1) is 4.27. The van der Waals surface area contributed by atoms with Gasteiger partial charge in [0.15, 0.2) is 0 Å². The molecule has 0 rings (SSSR count). The van der Waals surface area contributed by atoms with E-state index in [4.69, 9.17) is 4.74 Å². The number of rotatable bonds is 5. The SMILES string of the molecule is [CH2-][C@H](C)OCCC[CH-]C.[Y].[Y]. The minimum atomic E-state index is 0. The number of ether oxygens (including phenoxy) is 1. The molecule has 0 heterocycles. The smallest absolute Gasteiger partial charge is 0.0409 e. The maximum absolute atomic E-state index is 5.21. The van der Waals surface area contributed by atoms with Crippen molar-refractivity contribution in [2.75, 3.05) is 6.61 Å². The summed E-state index contributed by atoms with van der Waals surface area (Å²) in [5.74, 6) is 0. The van der Waals surface area contributed by atoms with Crippen LogP contribution in [0.4, 0.5) is 0 Å². The van der Waals surface area contributed by atoms with Gasteiger partial charge in [-0.15, -0.1) is 0 Å². The van der Waals surface area contributed by atoms with E-state index in [2.05, 4.69) is 20.3 Å². The van der Waals surface area contributed by atoms with E-state index in [-0.39, 0.29) is 71.5 Å². The molecule has 0 saturated carbocycles. The minimum Gasteiger partial charge on any atom is -0.411 e. The van der Waals surface area contributed by atoms with Crippen molar-refractivity contribution in [1.29, 1.82) is 0 Å². The summed E-state index contributed by atoms with van der Waals surface area (Å²) in [6.07, 6.45) is 4.56. The fourth-order valence-electron chi connectivity index (χ4n) is 0.572. The summed E-state index contributed by atoms with van der Waals surface area (Å²) in [7, 11) is 0. The Balaban J connectivity index is -0.000000320. The molecular formula is C8H16OY2-2. The van der Waals surface area contributed by atoms with Crippen LogP contribution in [0.3, 0.4) is 0 Å². The summed E-state index contributed by atoms with van der Waals surface area (Å²) >= 11 is 0. The average Bonchev–Trinajstić information content (AvgIpc) is 1.80. The van der Waals surface area contributed by atoms with E-state index in [0.717, 1.165) is 19.4 Å². The summed E-state index contributed by atoms with van der Waals surface area (Å²) in [5.41, 5.74) is 0. The van der Waals surface area contributed by atoms with Crippen molar-refractivity contribution in [2.45, 2.75) is 32.8 Å². The fraction of sp³-hybridized carbons (Fsp3) is 0.750. The van der Waals surface area contributed by atoms with Crippen molar-refractivity contribution in [3.05, 3.63) is 13.3 Å². The number of hydrogen-bond donors (Lipinski definition) is 0. The Bertz CT molecular complexity index is 58.1. The average molecular weight is 306 g/mol. The minimum absolute atomic E-state index is 0. The standard InChI is InChI=1S/C8H16O.2Y/c1-4-5-6-7-9-8(2)3;;/h4,8H,2,5-7H2,1,3H3;;/q-2;;/t8-;;/m1../s1. The molecule has 0 unspecified atom stereocenters. The number of unbranched alkanes of at least 4 members (excludes halogenated alkanes) is 2. The summed E-state index contributed by atoms with van der Waals surface area (Å²) in [6.45, 7) is 8.56. The first kappa shape index (κ1) is 18.9. The van der Waals surface area contributed by atoms with Gasteiger partial charge in [0, 0.05) is 72.0 Å². The topological polar surface area (TPSA) is 9.23 Å². The number of hydrogen-bond acceptors (Lipinski definition) is 1. The molecule has 3 heteroatoms. The van der Waals surface area contributed by atoms with Gasteiger partial charge in [0.05, 0.1) is 0 Å². The van der Waals surface area contributed by atoms with Crippen LogP contribution in [0, 0.1) is 13.3 Å². The Morgan fingerprint density at radius 1 is 1.45 bits per heavy atom. The van der Waals surface area contributed by atoms with E-state index in [1.165, 1.54) is 0 Å². The van der Waals surface area contributed by atoms with Gasteiger partial charge in [-0.05, 0) is 0 Å². The second-order valence-electron chi connectivity index (χ2n) is 2.23. The molecule has 0 aromatic carbocycles. The molecule has 0 bridgehead atoms. The van der Waals surface area contributed by atoms with E-state index in [0.29, 0.717) is 0 Å². The van der Waals surface area contributed by atoms with Crippen LogP contribution in [-0.4, -0.2) is 12.7 Å². The molecule has 1 nitrogen and oxygen atoms in total. The Kier molecular flexibility index (Phi) is 25.2. The molecule has 0 fully saturated rings. The van der Waals surface area contributed by atoms with Gasteiger partial charge in [-0.3, -0.25) is 0 Å². The van der Waals surface area contributed by atoms with Gasteiger partial charge in [-0.2, -0.15) is 13.3 Å². The van der Waals surface area contributed by atoms with E-state index in [9.17, 15) is 0 Å². The Labute approximate surface area is 121 Å². The largest absolute Gasteiger partial charge is 0.411 e. The quantitative estimate of drug-likeness (QED) is 0.559. The van der Waals surface area contributed by atoms with Crippen LogP contribution < -0.4 is 0 Å². The van der Waals surface area contributed by atoms with Gasteiger partial charge in [0.2, 0.25) is 0 Å². The third-order valence-corrected chi connectivity index (χ3v) is 1.04. The van der Waals surface area contributed by atoms with Crippen molar-refractivity contribution in [3.63, 3.8) is 0 Å². The molecule has 0 spiro atoms. The molecule has 0 aliphatic carbocycles. The molecule has 0 aliphatic rings. The summed E-state index contributed by atoms with van der Waals surface area (Å²) in [5, 5.41) is 0. The molecule has 62 valence electrons. The molecule has 1 atom stereocenters. The molecule has 2 radical (unpaired) electrons. The zero-order valence-electron chi connectivity index (χ0n) is 7.55. The maximum Gasteiger partial charge on any atom is 0.0409 e. The van der Waals surface area contributed by atoms with Gasteiger partial charge >= 0.3 is 0 Å². The molecule has 0 aromatic rings. The Morgan fingerprint density at radius 3 is 2.36 bits per heavy atom. The van der Waals surface area contributed by atoms with Crippen LogP contribution >= 0.6 is 0 Å². The molecule has 0 aliphatic heterocycles. The van der Waals surface area contributed by atoms with E-state index in [1.807, 2.05) is 6.92 Å². The van der Waals surface area contributed by atoms with Crippen LogP contribution in [0.15, 0.2) is 0 Å². The predicted molar refractivity (Wildman–Crippen MR) is 40.0 cm³/mol. The summed E-state index contributed by atoms with van der Waals surface area (Å²) < 4.78 is 5.21. The van der Waals surface area contributed by atoms with Gasteiger partial charge in [0.25, 0.3) is 0 Å². The van der Waals surface area contributed by atoms with E-state index in [1.54, 1.807) is 0 Å². The second kappa shape index (κ2) is 14.7. The zero-order valence-corrected chi connectivity index (χ0v) is 13.2. The van der Waals surface area contributed by atoms with Crippen LogP contribution in [0.1, 0.15) is 26.7 Å². The van der Waals surface area contributed by atoms with Crippen LogP contribution in [0.25, 0.3) is 0 Å².